The fourth-order valence-corrected chi connectivity index (χ4v) is 3.30. The summed E-state index contributed by atoms with van der Waals surface area (Å²) >= 11 is 1.58. The number of allylic oxidation sites excluding steroid dienone is 1. The predicted octanol–water partition coefficient (Wildman–Crippen LogP) is 4.66. The molecule has 0 radical (unpaired) electrons. The molecule has 6 heteroatoms. The van der Waals surface area contributed by atoms with Crippen molar-refractivity contribution in [2.45, 2.75) is 19.3 Å². The van der Waals surface area contributed by atoms with Crippen LogP contribution in [-0.4, -0.2) is 20.2 Å². The minimum atomic E-state index is -0.435. The third kappa shape index (κ3) is 6.48. The maximum Gasteiger partial charge on any atom is 0.341 e. The number of methoxy groups -OCH3 is 2. The van der Waals surface area contributed by atoms with E-state index in [1.165, 1.54) is 20.5 Å². The Morgan fingerprint density at radius 1 is 1.07 bits per heavy atom. The molecular weight excluding hydrogens is 374 g/mol. The van der Waals surface area contributed by atoms with Gasteiger partial charge in [-0.05, 0) is 23.6 Å². The summed E-state index contributed by atoms with van der Waals surface area (Å²) in [6.45, 7) is 2.41. The number of carbonyl (C=O) groups excluding carboxylic acids is 1. The van der Waals surface area contributed by atoms with Crippen molar-refractivity contribution in [3.8, 4) is 0 Å². The maximum absolute atomic E-state index is 12.1. The van der Waals surface area contributed by atoms with Crippen molar-refractivity contribution >= 4 is 23.3 Å². The Morgan fingerprint density at radius 2 is 1.79 bits per heavy atom. The van der Waals surface area contributed by atoms with E-state index in [-0.39, 0.29) is 0 Å². The van der Waals surface area contributed by atoms with Gasteiger partial charge < -0.3 is 9.47 Å². The highest BCUT2D eigenvalue weighted by Gasteiger charge is 2.16. The number of rotatable bonds is 10. The Balaban J connectivity index is 2.01. The van der Waals surface area contributed by atoms with Crippen LogP contribution in [-0.2, 0) is 31.5 Å². The van der Waals surface area contributed by atoms with Gasteiger partial charge in [0, 0.05) is 5.75 Å². The summed E-state index contributed by atoms with van der Waals surface area (Å²) in [5.74, 6) is 0.213. The molecule has 0 aromatic heterocycles. The zero-order chi connectivity index (χ0) is 20.2. The van der Waals surface area contributed by atoms with Gasteiger partial charge in [-0.2, -0.15) is 0 Å². The van der Waals surface area contributed by atoms with Gasteiger partial charge in [-0.25, -0.2) is 4.79 Å². The van der Waals surface area contributed by atoms with E-state index in [1.807, 2.05) is 67.6 Å². The normalized spacial score (nSPS) is 11.8. The van der Waals surface area contributed by atoms with E-state index in [9.17, 15) is 4.79 Å². The highest BCUT2D eigenvalue weighted by Crippen LogP contribution is 2.27. The fraction of sp³-hybridized carbons (Fsp3) is 0.227. The molecule has 148 valence electrons. The SMILES string of the molecule is CC=C(NOCc1ccccc1)SCc1ccccc1C(=COC)C(=O)OC. The molecule has 0 aliphatic rings. The standard InChI is InChI=1S/C22H25NO4S/c1-4-21(23-27-14-17-10-6-5-7-11-17)28-16-18-12-8-9-13-19(18)20(15-25-2)22(24)26-3/h4-13,15,23H,14,16H2,1-3H3. The van der Waals surface area contributed by atoms with Gasteiger partial charge in [-0.3, -0.25) is 10.3 Å². The van der Waals surface area contributed by atoms with Crippen molar-refractivity contribution in [2.24, 2.45) is 0 Å². The molecule has 0 fully saturated rings. The maximum atomic E-state index is 12.1. The van der Waals surface area contributed by atoms with Gasteiger partial charge >= 0.3 is 5.97 Å². The first kappa shape index (κ1) is 21.6. The number of benzene rings is 2. The fourth-order valence-electron chi connectivity index (χ4n) is 2.45. The molecule has 0 spiro atoms. The molecule has 0 saturated carbocycles. The summed E-state index contributed by atoms with van der Waals surface area (Å²) in [6, 6.07) is 17.6. The first-order chi connectivity index (χ1) is 13.7. The third-order valence-electron chi connectivity index (χ3n) is 3.85. The molecule has 2 aromatic rings. The van der Waals surface area contributed by atoms with Gasteiger partial charge in [0.2, 0.25) is 0 Å². The molecular formula is C22H25NO4S. The lowest BCUT2D eigenvalue weighted by atomic mass is 10.0. The number of ether oxygens (including phenoxy) is 2. The highest BCUT2D eigenvalue weighted by atomic mass is 32.2. The summed E-state index contributed by atoms with van der Waals surface area (Å²) in [6.07, 6.45) is 3.36. The molecule has 0 unspecified atom stereocenters. The molecule has 0 amide bonds. The number of hydroxylamine groups is 1. The van der Waals surface area contributed by atoms with E-state index in [4.69, 9.17) is 14.3 Å². The van der Waals surface area contributed by atoms with Crippen LogP contribution in [0.25, 0.3) is 5.57 Å². The summed E-state index contributed by atoms with van der Waals surface area (Å²) < 4.78 is 9.94. The molecule has 0 atom stereocenters. The smallest absolute Gasteiger partial charge is 0.341 e. The van der Waals surface area contributed by atoms with E-state index in [0.29, 0.717) is 17.9 Å². The van der Waals surface area contributed by atoms with Crippen LogP contribution >= 0.6 is 11.8 Å². The number of hydrogen-bond acceptors (Lipinski definition) is 6. The Kier molecular flexibility index (Phi) is 9.18. The van der Waals surface area contributed by atoms with E-state index in [2.05, 4.69) is 5.48 Å². The third-order valence-corrected chi connectivity index (χ3v) is 4.93. The van der Waals surface area contributed by atoms with Crippen LogP contribution < -0.4 is 5.48 Å². The van der Waals surface area contributed by atoms with E-state index in [1.54, 1.807) is 11.8 Å². The van der Waals surface area contributed by atoms with Gasteiger partial charge in [0.15, 0.2) is 0 Å². The van der Waals surface area contributed by atoms with Crippen LogP contribution in [0.1, 0.15) is 23.6 Å². The second-order valence-corrected chi connectivity index (χ2v) is 6.75. The number of carbonyl (C=O) groups is 1. The van der Waals surface area contributed by atoms with E-state index in [0.717, 1.165) is 21.7 Å². The summed E-state index contributed by atoms with van der Waals surface area (Å²) in [5, 5.41) is 0.890. The highest BCUT2D eigenvalue weighted by molar-refractivity contribution is 8.02. The van der Waals surface area contributed by atoms with Crippen molar-refractivity contribution in [3.63, 3.8) is 0 Å². The second-order valence-electron chi connectivity index (χ2n) is 5.73. The van der Waals surface area contributed by atoms with Crippen molar-refractivity contribution in [2.75, 3.05) is 14.2 Å². The second kappa shape index (κ2) is 11.9. The van der Waals surface area contributed by atoms with Crippen molar-refractivity contribution < 1.29 is 19.1 Å². The van der Waals surface area contributed by atoms with Crippen LogP contribution in [0.15, 0.2) is 72.0 Å². The zero-order valence-corrected chi connectivity index (χ0v) is 17.1. The quantitative estimate of drug-likeness (QED) is 0.271. The average Bonchev–Trinajstić information content (AvgIpc) is 2.75. The molecule has 2 rings (SSSR count). The summed E-state index contributed by atoms with van der Waals surface area (Å²) in [7, 11) is 2.86. The van der Waals surface area contributed by atoms with Crippen LogP contribution in [0.3, 0.4) is 0 Å². The van der Waals surface area contributed by atoms with Crippen molar-refractivity contribution in [3.05, 3.63) is 88.7 Å². The molecule has 5 nitrogen and oxygen atoms in total. The van der Waals surface area contributed by atoms with Gasteiger partial charge in [0.1, 0.15) is 5.57 Å². The van der Waals surface area contributed by atoms with Gasteiger partial charge in [0.05, 0.1) is 32.1 Å². The number of nitrogens with one attached hydrogen (secondary N) is 1. The van der Waals surface area contributed by atoms with Crippen LogP contribution in [0.4, 0.5) is 0 Å². The number of hydrogen-bond donors (Lipinski definition) is 1. The van der Waals surface area contributed by atoms with Crippen LogP contribution in [0.2, 0.25) is 0 Å². The van der Waals surface area contributed by atoms with Gasteiger partial charge in [-0.15, -0.1) is 11.8 Å². The van der Waals surface area contributed by atoms with E-state index < -0.39 is 5.97 Å². The summed E-state index contributed by atoms with van der Waals surface area (Å²) in [4.78, 5) is 17.7. The topological polar surface area (TPSA) is 56.8 Å². The van der Waals surface area contributed by atoms with Crippen LogP contribution in [0.5, 0.6) is 0 Å². The Hall–Kier alpha value is -2.70. The van der Waals surface area contributed by atoms with Crippen LogP contribution in [0, 0.1) is 0 Å². The Morgan fingerprint density at radius 3 is 2.46 bits per heavy atom. The minimum Gasteiger partial charge on any atom is -0.503 e. The largest absolute Gasteiger partial charge is 0.503 e. The lowest BCUT2D eigenvalue weighted by molar-refractivity contribution is -0.133. The lowest BCUT2D eigenvalue weighted by Gasteiger charge is -2.13. The minimum absolute atomic E-state index is 0.386. The number of esters is 1. The molecule has 1 N–H and O–H groups in total. The molecule has 0 saturated heterocycles. The lowest BCUT2D eigenvalue weighted by Crippen LogP contribution is -2.12. The Bertz CT molecular complexity index is 818. The Labute approximate surface area is 170 Å². The van der Waals surface area contributed by atoms with Gasteiger partial charge in [0.25, 0.3) is 0 Å². The first-order valence-electron chi connectivity index (χ1n) is 8.80. The number of thioether (sulfide) groups is 1. The molecule has 0 bridgehead atoms. The summed E-state index contributed by atoms with van der Waals surface area (Å²) in [5.41, 5.74) is 6.24. The van der Waals surface area contributed by atoms with Crippen molar-refractivity contribution in [1.29, 1.82) is 0 Å². The molecule has 2 aromatic carbocycles. The van der Waals surface area contributed by atoms with E-state index >= 15 is 0 Å². The molecule has 0 heterocycles. The average molecular weight is 400 g/mol. The van der Waals surface area contributed by atoms with Crippen molar-refractivity contribution in [1.82, 2.24) is 5.48 Å². The first-order valence-corrected chi connectivity index (χ1v) is 9.78. The monoisotopic (exact) mass is 399 g/mol. The molecule has 0 aliphatic heterocycles. The predicted molar refractivity (Wildman–Crippen MR) is 113 cm³/mol. The molecule has 0 aliphatic carbocycles. The van der Waals surface area contributed by atoms with Gasteiger partial charge in [-0.1, -0.05) is 60.7 Å². The molecule has 28 heavy (non-hydrogen) atoms. The zero-order valence-electron chi connectivity index (χ0n) is 16.3.